The van der Waals surface area contributed by atoms with Gasteiger partial charge in [-0.15, -0.1) is 0 Å². The Hall–Kier alpha value is -5.22. The van der Waals surface area contributed by atoms with E-state index in [-0.39, 0.29) is 41.2 Å². The van der Waals surface area contributed by atoms with E-state index >= 15 is 4.39 Å². The van der Waals surface area contributed by atoms with Crippen molar-refractivity contribution in [2.24, 2.45) is 0 Å². The van der Waals surface area contributed by atoms with Crippen molar-refractivity contribution in [3.05, 3.63) is 112 Å². The molecule has 0 unspecified atom stereocenters. The second-order valence-corrected chi connectivity index (χ2v) is 13.1. The van der Waals surface area contributed by atoms with Crippen molar-refractivity contribution in [3.8, 4) is 11.3 Å². The zero-order valence-electron chi connectivity index (χ0n) is 28.2. The van der Waals surface area contributed by atoms with Crippen LogP contribution in [0.4, 0.5) is 35.5 Å². The Morgan fingerprint density at radius 2 is 1.65 bits per heavy atom. The Morgan fingerprint density at radius 3 is 2.31 bits per heavy atom. The van der Waals surface area contributed by atoms with Gasteiger partial charge in [-0.25, -0.2) is 18.5 Å². The summed E-state index contributed by atoms with van der Waals surface area (Å²) in [5.41, 5.74) is -1.13. The van der Waals surface area contributed by atoms with Crippen molar-refractivity contribution in [3.63, 3.8) is 0 Å². The minimum atomic E-state index is -5.03. The summed E-state index contributed by atoms with van der Waals surface area (Å²) in [4.78, 5) is 29.1. The van der Waals surface area contributed by atoms with Crippen molar-refractivity contribution in [2.75, 3.05) is 20.9 Å². The molecule has 0 bridgehead atoms. The lowest BCUT2D eigenvalue weighted by atomic mass is 9.97. The molecule has 1 N–H and O–H groups in total. The number of hydrogen-bond donors (Lipinski definition) is 1. The van der Waals surface area contributed by atoms with Gasteiger partial charge in [-0.05, 0) is 81.5 Å². The highest BCUT2D eigenvalue weighted by molar-refractivity contribution is 5.99. The smallest absolute Gasteiger partial charge is 0.421 e. The number of fused-ring (bicyclic) bond motifs is 2. The van der Waals surface area contributed by atoms with Crippen LogP contribution in [0.5, 0.6) is 0 Å². The third-order valence-electron chi connectivity index (χ3n) is 9.03. The quantitative estimate of drug-likeness (QED) is 0.0975. The molecule has 0 atom stereocenters. The van der Waals surface area contributed by atoms with Gasteiger partial charge in [0.1, 0.15) is 5.82 Å². The Labute approximate surface area is 292 Å². The zero-order chi connectivity index (χ0) is 37.7. The molecule has 0 fully saturated rings. The van der Waals surface area contributed by atoms with Gasteiger partial charge >= 0.3 is 24.4 Å². The van der Waals surface area contributed by atoms with Crippen molar-refractivity contribution in [1.29, 1.82) is 0 Å². The van der Waals surface area contributed by atoms with E-state index in [1.165, 1.54) is 18.3 Å². The van der Waals surface area contributed by atoms with Crippen LogP contribution in [-0.2, 0) is 47.0 Å². The average molecular weight is 732 g/mol. The number of carbonyl (C=O) groups excluding carboxylic acids is 2. The van der Waals surface area contributed by atoms with Gasteiger partial charge in [-0.2, -0.15) is 31.4 Å². The number of carbonyl (C=O) groups is 2. The molecular weight excluding hydrogens is 699 g/mol. The van der Waals surface area contributed by atoms with Gasteiger partial charge < -0.3 is 14.4 Å². The molecule has 0 saturated carbocycles. The first-order chi connectivity index (χ1) is 24.4. The Kier molecular flexibility index (Phi) is 9.42. The Bertz CT molecular complexity index is 2150. The zero-order valence-corrected chi connectivity index (χ0v) is 28.2. The summed E-state index contributed by atoms with van der Waals surface area (Å²) >= 11 is 0. The number of aromatic amines is 1. The number of benzene rings is 3. The summed E-state index contributed by atoms with van der Waals surface area (Å²) in [5.74, 6) is -1.50. The second kappa shape index (κ2) is 13.4. The van der Waals surface area contributed by atoms with Crippen molar-refractivity contribution < 1.29 is 49.8 Å². The van der Waals surface area contributed by atoms with Crippen LogP contribution in [0.3, 0.4) is 0 Å². The molecule has 9 nitrogen and oxygen atoms in total. The van der Waals surface area contributed by atoms with Crippen LogP contribution in [-0.4, -0.2) is 57.5 Å². The van der Waals surface area contributed by atoms with E-state index in [0.29, 0.717) is 35.1 Å². The molecule has 52 heavy (non-hydrogen) atoms. The molecule has 0 aliphatic carbocycles. The topological polar surface area (TPSA) is 92.7 Å². The Morgan fingerprint density at radius 1 is 0.942 bits per heavy atom. The number of nitrogens with zero attached hydrogens (tertiary/aromatic N) is 4. The lowest BCUT2D eigenvalue weighted by Gasteiger charge is -2.32. The number of halogens is 7. The molecule has 1 aliphatic heterocycles. The van der Waals surface area contributed by atoms with Gasteiger partial charge in [-0.1, -0.05) is 18.2 Å². The molecule has 5 aromatic rings. The van der Waals surface area contributed by atoms with Gasteiger partial charge in [0.2, 0.25) is 6.79 Å². The first-order valence-electron chi connectivity index (χ1n) is 15.8. The molecule has 0 amide bonds. The molecule has 16 heteroatoms. The van der Waals surface area contributed by atoms with E-state index in [2.05, 4.69) is 10.2 Å². The van der Waals surface area contributed by atoms with Crippen LogP contribution in [0.15, 0.2) is 66.9 Å². The molecule has 0 saturated heterocycles. The monoisotopic (exact) mass is 731 g/mol. The fourth-order valence-electron chi connectivity index (χ4n) is 6.38. The third-order valence-corrected chi connectivity index (χ3v) is 9.03. The number of esters is 1. The minimum absolute atomic E-state index is 0.0534. The first-order valence-corrected chi connectivity index (χ1v) is 15.8. The number of ether oxygens (including phenoxy) is 2. The van der Waals surface area contributed by atoms with E-state index in [0.717, 1.165) is 22.3 Å². The summed E-state index contributed by atoms with van der Waals surface area (Å²) in [5, 5.41) is 7.62. The van der Waals surface area contributed by atoms with Crippen molar-refractivity contribution in [1.82, 2.24) is 24.6 Å². The minimum Gasteiger partial charge on any atom is -0.424 e. The lowest BCUT2D eigenvalue weighted by molar-refractivity contribution is -0.143. The van der Waals surface area contributed by atoms with Crippen LogP contribution in [0, 0.1) is 5.82 Å². The number of nitrogens with one attached hydrogen (secondary N) is 1. The van der Waals surface area contributed by atoms with Gasteiger partial charge in [0, 0.05) is 42.3 Å². The van der Waals surface area contributed by atoms with E-state index in [1.54, 1.807) is 43.0 Å². The predicted molar refractivity (Wildman–Crippen MR) is 174 cm³/mol. The summed E-state index contributed by atoms with van der Waals surface area (Å²) in [6.45, 7) is 3.11. The summed E-state index contributed by atoms with van der Waals surface area (Å²) in [6, 6.07) is 12.3. The molecule has 6 rings (SSSR count). The maximum Gasteiger partial charge on any atom is 0.421 e. The Balaban J connectivity index is 1.21. The molecule has 3 heterocycles. The molecule has 274 valence electrons. The SMILES string of the molecule is CN(C)Cc1ccc(C(=O)OCOC(=O)n2ccc3c(-c4n[nH]c5c4CN(Cc4ccc(C(F)(F)F)cc4C(F)(F)F)C5(C)C)ccc(F)c32)cc1. The molecule has 3 aromatic carbocycles. The highest BCUT2D eigenvalue weighted by Crippen LogP contribution is 2.45. The summed E-state index contributed by atoms with van der Waals surface area (Å²) < 4.78 is 108. The highest BCUT2D eigenvalue weighted by atomic mass is 19.4. The normalized spacial score (nSPS) is 14.6. The fourth-order valence-corrected chi connectivity index (χ4v) is 6.38. The molecule has 2 aromatic heterocycles. The molecule has 1 aliphatic rings. The largest absolute Gasteiger partial charge is 0.424 e. The number of aromatic nitrogens is 3. The van der Waals surface area contributed by atoms with Crippen LogP contribution >= 0.6 is 0 Å². The first kappa shape index (κ1) is 36.6. The van der Waals surface area contributed by atoms with Gasteiger partial charge in [0.15, 0.2) is 0 Å². The van der Waals surface area contributed by atoms with Crippen molar-refractivity contribution >= 4 is 23.0 Å². The standard InChI is InChI=1S/C36H32F7N5O4/c1-34(2)31-26(18-47(34)17-22-9-10-23(35(38,39)40)15-27(22)36(41,42)43)29(44-45-31)24-11-12-28(37)30-25(24)13-14-48(30)33(50)52-19-51-32(49)21-7-5-20(6-8-21)16-46(3)4/h5-15H,16-19H2,1-4H3,(H,44,45). The lowest BCUT2D eigenvalue weighted by Crippen LogP contribution is -2.36. The number of H-pyrrole nitrogens is 1. The highest BCUT2D eigenvalue weighted by Gasteiger charge is 2.44. The van der Waals surface area contributed by atoms with Crippen LogP contribution < -0.4 is 0 Å². The molecule has 0 spiro atoms. The van der Waals surface area contributed by atoms with Crippen LogP contribution in [0.2, 0.25) is 0 Å². The second-order valence-electron chi connectivity index (χ2n) is 13.1. The number of rotatable bonds is 8. The third kappa shape index (κ3) is 6.99. The van der Waals surface area contributed by atoms with E-state index in [9.17, 15) is 35.9 Å². The van der Waals surface area contributed by atoms with Crippen LogP contribution in [0.25, 0.3) is 22.2 Å². The van der Waals surface area contributed by atoms with Crippen molar-refractivity contribution in [2.45, 2.75) is 51.4 Å². The summed E-state index contributed by atoms with van der Waals surface area (Å²) in [7, 11) is 3.82. The maximum atomic E-state index is 15.3. The van der Waals surface area contributed by atoms with Gasteiger partial charge in [-0.3, -0.25) is 10.00 Å². The maximum absolute atomic E-state index is 15.3. The van der Waals surface area contributed by atoms with E-state index < -0.39 is 53.7 Å². The molecular formula is C36H32F7N5O4. The van der Waals surface area contributed by atoms with E-state index in [1.807, 2.05) is 19.0 Å². The number of alkyl halides is 6. The van der Waals surface area contributed by atoms with Gasteiger partial charge in [0.25, 0.3) is 0 Å². The summed E-state index contributed by atoms with van der Waals surface area (Å²) in [6.07, 6.45) is -9.74. The average Bonchev–Trinajstić information content (AvgIpc) is 3.75. The van der Waals surface area contributed by atoms with Crippen LogP contribution in [0.1, 0.15) is 57.7 Å². The van der Waals surface area contributed by atoms with E-state index in [4.69, 9.17) is 9.47 Å². The number of hydrogen-bond acceptors (Lipinski definition) is 7. The molecule has 0 radical (unpaired) electrons. The fraction of sp³-hybridized carbons (Fsp3) is 0.306. The van der Waals surface area contributed by atoms with Gasteiger partial charge in [0.05, 0.1) is 39.1 Å². The predicted octanol–water partition coefficient (Wildman–Crippen LogP) is 8.32.